The Morgan fingerprint density at radius 3 is 2.29 bits per heavy atom. The zero-order valence-electron chi connectivity index (χ0n) is 8.96. The Morgan fingerprint density at radius 2 is 1.93 bits per heavy atom. The Hall–Kier alpha value is -1.63. The smallest absolute Gasteiger partial charge is 0.0652 e. The molecule has 0 saturated carbocycles. The molecule has 0 unspecified atom stereocenters. The standard InChI is InChI=1S/C13H17N/c1-6-9-12(10-11(4)7-2)13(8-3)14-5/h6-10H,1-2,5H2,3-4H3/b11-10-,12-9+,13-8-. The highest BCUT2D eigenvalue weighted by atomic mass is 14.7. The third kappa shape index (κ3) is 3.85. The van der Waals surface area contributed by atoms with E-state index in [9.17, 15) is 0 Å². The van der Waals surface area contributed by atoms with Gasteiger partial charge in [0.25, 0.3) is 0 Å². The van der Waals surface area contributed by atoms with Crippen LogP contribution < -0.4 is 0 Å². The van der Waals surface area contributed by atoms with Crippen LogP contribution in [0.15, 0.2) is 65.4 Å². The zero-order chi connectivity index (χ0) is 11.0. The van der Waals surface area contributed by atoms with E-state index < -0.39 is 0 Å². The summed E-state index contributed by atoms with van der Waals surface area (Å²) in [6.45, 7) is 14.8. The van der Waals surface area contributed by atoms with Gasteiger partial charge in [-0.25, -0.2) is 0 Å². The van der Waals surface area contributed by atoms with E-state index in [1.54, 1.807) is 12.2 Å². The molecule has 0 aliphatic carbocycles. The maximum Gasteiger partial charge on any atom is 0.0652 e. The fourth-order valence-electron chi connectivity index (χ4n) is 0.988. The molecule has 0 aromatic heterocycles. The highest BCUT2D eigenvalue weighted by Crippen LogP contribution is 2.15. The Kier molecular flexibility index (Phi) is 6.04. The van der Waals surface area contributed by atoms with Crippen molar-refractivity contribution in [2.45, 2.75) is 13.8 Å². The number of nitrogens with zero attached hydrogens (tertiary/aromatic N) is 1. The minimum absolute atomic E-state index is 0.853. The predicted octanol–water partition coefficient (Wildman–Crippen LogP) is 3.84. The third-order valence-corrected chi connectivity index (χ3v) is 1.74. The molecule has 0 aromatic rings. The van der Waals surface area contributed by atoms with Gasteiger partial charge < -0.3 is 0 Å². The Morgan fingerprint density at radius 1 is 1.29 bits per heavy atom. The normalized spacial score (nSPS) is 13.7. The fourth-order valence-corrected chi connectivity index (χ4v) is 0.988. The number of rotatable bonds is 5. The summed E-state index contributed by atoms with van der Waals surface area (Å²) in [5, 5.41) is 0. The van der Waals surface area contributed by atoms with Crippen molar-refractivity contribution in [2.24, 2.45) is 4.99 Å². The molecule has 0 heterocycles. The number of hydrogen-bond acceptors (Lipinski definition) is 1. The lowest BCUT2D eigenvalue weighted by Crippen LogP contribution is -1.83. The van der Waals surface area contributed by atoms with Crippen molar-refractivity contribution in [2.75, 3.05) is 0 Å². The predicted molar refractivity (Wildman–Crippen MR) is 65.5 cm³/mol. The molecule has 0 saturated heterocycles. The molecule has 0 amide bonds. The minimum atomic E-state index is 0.853. The van der Waals surface area contributed by atoms with Gasteiger partial charge in [-0.15, -0.1) is 0 Å². The van der Waals surface area contributed by atoms with Gasteiger partial charge in [0.1, 0.15) is 0 Å². The van der Waals surface area contributed by atoms with E-state index in [-0.39, 0.29) is 0 Å². The summed E-state index contributed by atoms with van der Waals surface area (Å²) in [5.74, 6) is 0. The average Bonchev–Trinajstić information content (AvgIpc) is 2.19. The molecular weight excluding hydrogens is 170 g/mol. The first-order valence-corrected chi connectivity index (χ1v) is 4.46. The summed E-state index contributed by atoms with van der Waals surface area (Å²) < 4.78 is 0. The van der Waals surface area contributed by atoms with Gasteiger partial charge in [0, 0.05) is 0 Å². The largest absolute Gasteiger partial charge is 0.264 e. The number of allylic oxidation sites excluding steroid dienone is 6. The first-order chi connectivity index (χ1) is 6.69. The highest BCUT2D eigenvalue weighted by Gasteiger charge is 1.97. The molecule has 0 N–H and O–H groups in total. The van der Waals surface area contributed by atoms with Gasteiger partial charge in [-0.05, 0) is 32.2 Å². The van der Waals surface area contributed by atoms with Crippen LogP contribution >= 0.6 is 0 Å². The van der Waals surface area contributed by atoms with Crippen LogP contribution in [0.5, 0.6) is 0 Å². The summed E-state index contributed by atoms with van der Waals surface area (Å²) >= 11 is 0. The monoisotopic (exact) mass is 187 g/mol. The van der Waals surface area contributed by atoms with Gasteiger partial charge >= 0.3 is 0 Å². The van der Waals surface area contributed by atoms with E-state index in [1.807, 2.05) is 32.1 Å². The van der Waals surface area contributed by atoms with E-state index >= 15 is 0 Å². The van der Waals surface area contributed by atoms with E-state index in [2.05, 4.69) is 24.9 Å². The molecule has 14 heavy (non-hydrogen) atoms. The molecule has 0 radical (unpaired) electrons. The van der Waals surface area contributed by atoms with Gasteiger partial charge in [-0.1, -0.05) is 43.0 Å². The number of aliphatic imine (C=N–C) groups is 1. The van der Waals surface area contributed by atoms with Gasteiger partial charge in [0.2, 0.25) is 0 Å². The van der Waals surface area contributed by atoms with Crippen molar-refractivity contribution in [1.29, 1.82) is 0 Å². The molecule has 0 bridgehead atoms. The second kappa shape index (κ2) is 6.84. The third-order valence-electron chi connectivity index (χ3n) is 1.74. The van der Waals surface area contributed by atoms with Crippen LogP contribution in [0.2, 0.25) is 0 Å². The van der Waals surface area contributed by atoms with Crippen LogP contribution in [0.1, 0.15) is 13.8 Å². The Labute approximate surface area is 86.6 Å². The number of hydrogen-bond donors (Lipinski definition) is 0. The van der Waals surface area contributed by atoms with Crippen molar-refractivity contribution in [3.63, 3.8) is 0 Å². The summed E-state index contributed by atoms with van der Waals surface area (Å²) in [5.41, 5.74) is 2.93. The molecule has 0 spiro atoms. The lowest BCUT2D eigenvalue weighted by molar-refractivity contribution is 1.32. The highest BCUT2D eigenvalue weighted by molar-refractivity contribution is 5.47. The Balaban J connectivity index is 5.16. The van der Waals surface area contributed by atoms with E-state index in [0.29, 0.717) is 0 Å². The van der Waals surface area contributed by atoms with Crippen molar-refractivity contribution >= 4 is 6.72 Å². The lowest BCUT2D eigenvalue weighted by atomic mass is 10.1. The first-order valence-electron chi connectivity index (χ1n) is 4.46. The van der Waals surface area contributed by atoms with Crippen LogP contribution in [-0.4, -0.2) is 6.72 Å². The second-order valence-corrected chi connectivity index (χ2v) is 2.78. The van der Waals surface area contributed by atoms with Gasteiger partial charge in [-0.2, -0.15) is 0 Å². The average molecular weight is 187 g/mol. The first kappa shape index (κ1) is 12.4. The molecule has 0 aliphatic heterocycles. The molecule has 0 aliphatic rings. The molecule has 74 valence electrons. The Bertz CT molecular complexity index is 314. The maximum absolute atomic E-state index is 3.93. The van der Waals surface area contributed by atoms with Crippen LogP contribution in [0, 0.1) is 0 Å². The molecule has 0 atom stereocenters. The molecule has 0 fully saturated rings. The lowest BCUT2D eigenvalue weighted by Gasteiger charge is -2.02. The van der Waals surface area contributed by atoms with Crippen molar-refractivity contribution in [3.8, 4) is 0 Å². The van der Waals surface area contributed by atoms with E-state index in [0.717, 1.165) is 16.8 Å². The second-order valence-electron chi connectivity index (χ2n) is 2.78. The molecular formula is C13H17N. The summed E-state index contributed by atoms with van der Waals surface area (Å²) in [4.78, 5) is 3.93. The molecule has 1 heteroatoms. The summed E-state index contributed by atoms with van der Waals surface area (Å²) in [6.07, 6.45) is 9.34. The quantitative estimate of drug-likeness (QED) is 0.458. The van der Waals surface area contributed by atoms with E-state index in [4.69, 9.17) is 0 Å². The molecule has 0 rings (SSSR count). The van der Waals surface area contributed by atoms with Crippen LogP contribution in [0.25, 0.3) is 0 Å². The van der Waals surface area contributed by atoms with Crippen LogP contribution in [-0.2, 0) is 0 Å². The fraction of sp³-hybridized carbons (Fsp3) is 0.154. The van der Waals surface area contributed by atoms with Crippen molar-refractivity contribution in [3.05, 3.63) is 60.4 Å². The van der Waals surface area contributed by atoms with Gasteiger partial charge in [-0.3, -0.25) is 4.99 Å². The minimum Gasteiger partial charge on any atom is -0.264 e. The molecule has 0 aromatic carbocycles. The van der Waals surface area contributed by atoms with Gasteiger partial charge in [0.05, 0.1) is 5.70 Å². The summed E-state index contributed by atoms with van der Waals surface area (Å²) in [6, 6.07) is 0. The van der Waals surface area contributed by atoms with Gasteiger partial charge in [0.15, 0.2) is 0 Å². The van der Waals surface area contributed by atoms with Crippen molar-refractivity contribution < 1.29 is 0 Å². The zero-order valence-corrected chi connectivity index (χ0v) is 8.96. The van der Waals surface area contributed by atoms with Crippen LogP contribution in [0.3, 0.4) is 0 Å². The van der Waals surface area contributed by atoms with Crippen molar-refractivity contribution in [1.82, 2.24) is 0 Å². The molecule has 1 nitrogen and oxygen atoms in total. The SMILES string of the molecule is C=C/C=C(\C=C(\C)C=C)C(=C/C)/N=C. The topological polar surface area (TPSA) is 12.4 Å². The summed E-state index contributed by atoms with van der Waals surface area (Å²) in [7, 11) is 0. The van der Waals surface area contributed by atoms with Crippen LogP contribution in [0.4, 0.5) is 0 Å². The maximum atomic E-state index is 3.93. The van der Waals surface area contributed by atoms with E-state index in [1.165, 1.54) is 0 Å².